The Morgan fingerprint density at radius 3 is 1.93 bits per heavy atom. The molecule has 234 valence electrons. The fraction of sp³-hybridized carbons (Fsp3) is 0.769. The summed E-state index contributed by atoms with van der Waals surface area (Å²) in [6, 6.07) is 9.35. The zero-order valence-electron chi connectivity index (χ0n) is 22.3. The molecular weight excluding hydrogens is 552 g/mol. The lowest BCUT2D eigenvalue weighted by molar-refractivity contribution is -0.363. The second-order valence-corrected chi connectivity index (χ2v) is 10.4. The van der Waals surface area contributed by atoms with E-state index in [0.29, 0.717) is 6.42 Å². The molecule has 0 aliphatic carbocycles. The van der Waals surface area contributed by atoms with E-state index in [1.165, 1.54) is 6.92 Å². The lowest BCUT2D eigenvalue weighted by Gasteiger charge is -2.46. The summed E-state index contributed by atoms with van der Waals surface area (Å²) in [6.07, 6.45) is -21.9. The van der Waals surface area contributed by atoms with Crippen LogP contribution in [0.3, 0.4) is 0 Å². The van der Waals surface area contributed by atoms with Gasteiger partial charge in [-0.1, -0.05) is 30.3 Å². The summed E-state index contributed by atoms with van der Waals surface area (Å²) in [6.45, 7) is 0.370. The van der Waals surface area contributed by atoms with Crippen molar-refractivity contribution in [2.45, 2.75) is 105 Å². The van der Waals surface area contributed by atoms with E-state index in [2.05, 4.69) is 0 Å². The number of rotatable bonds is 10. The molecule has 4 rings (SSSR count). The highest BCUT2D eigenvalue weighted by Crippen LogP contribution is 2.31. The van der Waals surface area contributed by atoms with Gasteiger partial charge < -0.3 is 74.4 Å². The molecule has 3 saturated heterocycles. The molecule has 0 radical (unpaired) electrons. The van der Waals surface area contributed by atoms with Crippen molar-refractivity contribution >= 4 is 0 Å². The molecule has 3 aliphatic rings. The maximum absolute atomic E-state index is 11.1. The van der Waals surface area contributed by atoms with Crippen LogP contribution in [0.25, 0.3) is 0 Å². The summed E-state index contributed by atoms with van der Waals surface area (Å²) in [4.78, 5) is 0. The van der Waals surface area contributed by atoms with Gasteiger partial charge in [0.05, 0.1) is 25.9 Å². The lowest BCUT2D eigenvalue weighted by Crippen LogP contribution is -2.64. The molecule has 0 saturated carbocycles. The van der Waals surface area contributed by atoms with Gasteiger partial charge in [0.2, 0.25) is 0 Å². The molecule has 1 aromatic carbocycles. The molecule has 15 nitrogen and oxygen atoms in total. The SMILES string of the molecule is C[C@@H]1O[C@@H](O[C@@H]2[C@@H](O)[C@H](OCCc3ccccc3)O[C@H](CO[C@@H]3O[C@H](CO)[C@@H](O)[C@H](O)[C@H]3O)[C@H]2O)[C@H](O)[C@H](O)[C@H]1O. The largest absolute Gasteiger partial charge is 0.394 e. The number of hydrogen-bond donors (Lipinski definition) is 9. The molecule has 15 atom stereocenters. The third-order valence-corrected chi connectivity index (χ3v) is 7.53. The Labute approximate surface area is 236 Å². The Morgan fingerprint density at radius 2 is 1.24 bits per heavy atom. The second-order valence-electron chi connectivity index (χ2n) is 10.4. The van der Waals surface area contributed by atoms with Gasteiger partial charge in [0.1, 0.15) is 67.1 Å². The number of ether oxygens (including phenoxy) is 6. The van der Waals surface area contributed by atoms with Crippen molar-refractivity contribution in [2.75, 3.05) is 19.8 Å². The molecule has 0 amide bonds. The number of aliphatic hydroxyl groups excluding tert-OH is 9. The van der Waals surface area contributed by atoms with Gasteiger partial charge in [-0.2, -0.15) is 0 Å². The molecule has 9 N–H and O–H groups in total. The molecular formula is C26H40O15. The van der Waals surface area contributed by atoms with E-state index in [4.69, 9.17) is 28.4 Å². The van der Waals surface area contributed by atoms with E-state index in [9.17, 15) is 46.0 Å². The van der Waals surface area contributed by atoms with Crippen LogP contribution in [-0.4, -0.2) is 158 Å². The van der Waals surface area contributed by atoms with Crippen molar-refractivity contribution in [3.63, 3.8) is 0 Å². The van der Waals surface area contributed by atoms with Crippen LogP contribution in [0.4, 0.5) is 0 Å². The highest BCUT2D eigenvalue weighted by atomic mass is 16.7. The van der Waals surface area contributed by atoms with Crippen LogP contribution < -0.4 is 0 Å². The van der Waals surface area contributed by atoms with E-state index < -0.39 is 105 Å². The molecule has 0 aromatic heterocycles. The number of hydrogen-bond acceptors (Lipinski definition) is 15. The minimum absolute atomic E-state index is 0.0966. The molecule has 41 heavy (non-hydrogen) atoms. The van der Waals surface area contributed by atoms with Crippen molar-refractivity contribution in [1.29, 1.82) is 0 Å². The Bertz CT molecular complexity index is 923. The summed E-state index contributed by atoms with van der Waals surface area (Å²) in [5, 5.41) is 92.4. The summed E-state index contributed by atoms with van der Waals surface area (Å²) in [5.74, 6) is 0. The van der Waals surface area contributed by atoms with Crippen LogP contribution in [0.1, 0.15) is 12.5 Å². The minimum Gasteiger partial charge on any atom is -0.394 e. The minimum atomic E-state index is -1.72. The Hall–Kier alpha value is -1.38. The normalized spacial score (nSPS) is 45.5. The summed E-state index contributed by atoms with van der Waals surface area (Å²) < 4.78 is 33.6. The van der Waals surface area contributed by atoms with Crippen LogP contribution in [0.2, 0.25) is 0 Å². The van der Waals surface area contributed by atoms with Gasteiger partial charge in [0.15, 0.2) is 18.9 Å². The summed E-state index contributed by atoms with van der Waals surface area (Å²) in [7, 11) is 0. The van der Waals surface area contributed by atoms with Gasteiger partial charge in [-0.25, -0.2) is 0 Å². The first-order chi connectivity index (χ1) is 19.5. The Morgan fingerprint density at radius 1 is 0.634 bits per heavy atom. The molecule has 15 heteroatoms. The van der Waals surface area contributed by atoms with Crippen LogP contribution in [-0.2, 0) is 34.8 Å². The van der Waals surface area contributed by atoms with E-state index in [-0.39, 0.29) is 6.61 Å². The molecule has 0 bridgehead atoms. The molecule has 3 fully saturated rings. The molecule has 0 spiro atoms. The molecule has 3 heterocycles. The first-order valence-corrected chi connectivity index (χ1v) is 13.5. The Kier molecular flexibility index (Phi) is 11.4. The topological polar surface area (TPSA) is 237 Å². The van der Waals surface area contributed by atoms with E-state index in [1.54, 1.807) is 0 Å². The lowest BCUT2D eigenvalue weighted by atomic mass is 9.97. The van der Waals surface area contributed by atoms with Crippen molar-refractivity contribution in [1.82, 2.24) is 0 Å². The average molecular weight is 593 g/mol. The quantitative estimate of drug-likeness (QED) is 0.125. The van der Waals surface area contributed by atoms with Crippen LogP contribution in [0.5, 0.6) is 0 Å². The summed E-state index contributed by atoms with van der Waals surface area (Å²) in [5.41, 5.74) is 0.952. The first-order valence-electron chi connectivity index (χ1n) is 13.5. The average Bonchev–Trinajstić information content (AvgIpc) is 2.97. The molecule has 0 unspecified atom stereocenters. The van der Waals surface area contributed by atoms with Gasteiger partial charge in [0, 0.05) is 0 Å². The van der Waals surface area contributed by atoms with Crippen LogP contribution >= 0.6 is 0 Å². The van der Waals surface area contributed by atoms with E-state index in [1.807, 2.05) is 30.3 Å². The van der Waals surface area contributed by atoms with E-state index >= 15 is 0 Å². The van der Waals surface area contributed by atoms with Crippen molar-refractivity contribution < 1.29 is 74.4 Å². The third-order valence-electron chi connectivity index (χ3n) is 7.53. The van der Waals surface area contributed by atoms with Crippen molar-refractivity contribution in [2.24, 2.45) is 0 Å². The Balaban J connectivity index is 1.46. The fourth-order valence-corrected chi connectivity index (χ4v) is 4.95. The van der Waals surface area contributed by atoms with Gasteiger partial charge in [0.25, 0.3) is 0 Å². The first kappa shape index (κ1) is 32.5. The summed E-state index contributed by atoms with van der Waals surface area (Å²) >= 11 is 0. The molecule has 1 aromatic rings. The monoisotopic (exact) mass is 592 g/mol. The number of benzene rings is 1. The maximum atomic E-state index is 11.1. The highest BCUT2D eigenvalue weighted by molar-refractivity contribution is 5.14. The highest BCUT2D eigenvalue weighted by Gasteiger charge is 2.51. The van der Waals surface area contributed by atoms with Gasteiger partial charge in [-0.15, -0.1) is 0 Å². The maximum Gasteiger partial charge on any atom is 0.187 e. The van der Waals surface area contributed by atoms with Crippen LogP contribution in [0.15, 0.2) is 30.3 Å². The van der Waals surface area contributed by atoms with Gasteiger partial charge >= 0.3 is 0 Å². The zero-order chi connectivity index (χ0) is 29.8. The fourth-order valence-electron chi connectivity index (χ4n) is 4.95. The van der Waals surface area contributed by atoms with Gasteiger partial charge in [-0.3, -0.25) is 0 Å². The standard InChI is InChI=1S/C26H40O15/c1-11-15(28)18(31)21(34)26(38-11)41-23-17(30)14(10-37-24-20(33)19(32)16(29)13(9-27)39-24)40-25(22(23)35)36-8-7-12-5-3-2-4-6-12/h2-6,11,13-35H,7-10H2,1H3/t11-,13+,14+,15-,16+,17+,18+,19-,20+,21+,22+,23-,24+,25+,26-/m0/s1. The van der Waals surface area contributed by atoms with Crippen molar-refractivity contribution in [3.05, 3.63) is 35.9 Å². The second kappa shape index (κ2) is 14.4. The third kappa shape index (κ3) is 7.41. The predicted octanol–water partition coefficient (Wildman–Crippen LogP) is -4.28. The van der Waals surface area contributed by atoms with Crippen molar-refractivity contribution in [3.8, 4) is 0 Å². The van der Waals surface area contributed by atoms with Gasteiger partial charge in [-0.05, 0) is 18.9 Å². The zero-order valence-corrected chi connectivity index (χ0v) is 22.3. The molecule has 3 aliphatic heterocycles. The van der Waals surface area contributed by atoms with E-state index in [0.717, 1.165) is 5.56 Å². The smallest absolute Gasteiger partial charge is 0.187 e. The number of aliphatic hydroxyl groups is 9. The predicted molar refractivity (Wildman–Crippen MR) is 134 cm³/mol. The van der Waals surface area contributed by atoms with Crippen LogP contribution in [0, 0.1) is 0 Å².